The summed E-state index contributed by atoms with van der Waals surface area (Å²) in [6, 6.07) is 11.0. The number of hydrogen-bond donors (Lipinski definition) is 0. The van der Waals surface area contributed by atoms with Crippen LogP contribution in [0, 0.1) is 19.3 Å². The molecule has 124 valence electrons. The van der Waals surface area contributed by atoms with E-state index in [4.69, 9.17) is 4.99 Å². The fraction of sp³-hybridized carbons (Fsp3) is 0.455. The molecule has 1 atom stereocenters. The van der Waals surface area contributed by atoms with Crippen LogP contribution in [0.25, 0.3) is 0 Å². The summed E-state index contributed by atoms with van der Waals surface area (Å²) in [5.41, 5.74) is 7.84. The van der Waals surface area contributed by atoms with Gasteiger partial charge in [-0.1, -0.05) is 38.1 Å². The molecule has 2 aliphatic rings. The second-order valence-corrected chi connectivity index (χ2v) is 8.49. The highest BCUT2D eigenvalue weighted by Gasteiger charge is 2.45. The van der Waals surface area contributed by atoms with Gasteiger partial charge < -0.3 is 0 Å². The molecule has 1 saturated carbocycles. The molecule has 2 heteroatoms. The molecule has 1 unspecified atom stereocenters. The first-order valence-electron chi connectivity index (χ1n) is 8.99. The van der Waals surface area contributed by atoms with Crippen LogP contribution < -0.4 is 0 Å². The lowest BCUT2D eigenvalue weighted by atomic mass is 9.79. The molecule has 4 rings (SSSR count). The fourth-order valence-corrected chi connectivity index (χ4v) is 4.47. The Labute approximate surface area is 145 Å². The van der Waals surface area contributed by atoms with Gasteiger partial charge in [0.1, 0.15) is 0 Å². The van der Waals surface area contributed by atoms with Crippen LogP contribution in [0.5, 0.6) is 0 Å². The Morgan fingerprint density at radius 1 is 1.04 bits per heavy atom. The van der Waals surface area contributed by atoms with Gasteiger partial charge in [-0.15, -0.1) is 0 Å². The van der Waals surface area contributed by atoms with Gasteiger partial charge in [-0.3, -0.25) is 9.98 Å². The Morgan fingerprint density at radius 3 is 2.54 bits per heavy atom. The van der Waals surface area contributed by atoms with E-state index in [0.29, 0.717) is 5.41 Å². The zero-order valence-corrected chi connectivity index (χ0v) is 15.2. The van der Waals surface area contributed by atoms with E-state index in [2.05, 4.69) is 63.0 Å². The first-order chi connectivity index (χ1) is 11.4. The van der Waals surface area contributed by atoms with Crippen molar-refractivity contribution in [1.29, 1.82) is 0 Å². The zero-order chi connectivity index (χ0) is 16.9. The van der Waals surface area contributed by atoms with Gasteiger partial charge in [-0.25, -0.2) is 0 Å². The average Bonchev–Trinajstić information content (AvgIpc) is 2.83. The van der Waals surface area contributed by atoms with E-state index in [-0.39, 0.29) is 5.54 Å². The molecule has 1 aliphatic carbocycles. The van der Waals surface area contributed by atoms with Crippen LogP contribution in [-0.4, -0.2) is 16.2 Å². The van der Waals surface area contributed by atoms with Crippen LogP contribution in [0.2, 0.25) is 0 Å². The molecular formula is C22H26N2. The van der Waals surface area contributed by atoms with Crippen molar-refractivity contribution in [3.05, 3.63) is 64.5 Å². The maximum atomic E-state index is 5.37. The van der Waals surface area contributed by atoms with Crippen molar-refractivity contribution in [2.45, 2.75) is 58.9 Å². The molecule has 2 heterocycles. The second-order valence-electron chi connectivity index (χ2n) is 8.49. The maximum Gasteiger partial charge on any atom is 0.0744 e. The molecule has 24 heavy (non-hydrogen) atoms. The average molecular weight is 318 g/mol. The smallest absolute Gasteiger partial charge is 0.0744 e. The Hall–Kier alpha value is -1.96. The normalized spacial score (nSPS) is 24.8. The van der Waals surface area contributed by atoms with Crippen molar-refractivity contribution in [2.24, 2.45) is 10.4 Å². The van der Waals surface area contributed by atoms with E-state index in [0.717, 1.165) is 23.4 Å². The molecule has 0 amide bonds. The molecular weight excluding hydrogens is 292 g/mol. The van der Waals surface area contributed by atoms with Gasteiger partial charge in [-0.2, -0.15) is 0 Å². The lowest BCUT2D eigenvalue weighted by Gasteiger charge is -2.33. The van der Waals surface area contributed by atoms with Crippen molar-refractivity contribution < 1.29 is 0 Å². The number of nitrogens with zero attached hydrogens (tertiary/aromatic N) is 2. The molecule has 0 radical (unpaired) electrons. The molecule has 1 aromatic carbocycles. The third-order valence-electron chi connectivity index (χ3n) is 5.83. The third-order valence-corrected chi connectivity index (χ3v) is 5.83. The van der Waals surface area contributed by atoms with Gasteiger partial charge in [-0.05, 0) is 62.1 Å². The summed E-state index contributed by atoms with van der Waals surface area (Å²) in [4.78, 5) is 9.96. The Kier molecular flexibility index (Phi) is 3.42. The van der Waals surface area contributed by atoms with Gasteiger partial charge in [0.2, 0.25) is 0 Å². The van der Waals surface area contributed by atoms with E-state index in [1.807, 2.05) is 6.20 Å². The molecule has 1 aromatic heterocycles. The molecule has 2 nitrogen and oxygen atoms in total. The molecule has 0 bridgehead atoms. The lowest BCUT2D eigenvalue weighted by molar-refractivity contribution is 0.334. The Balaban J connectivity index is 1.87. The molecule has 2 aromatic rings. The number of aliphatic imine (C=N–C) groups is 1. The highest BCUT2D eigenvalue weighted by Crippen LogP contribution is 2.49. The summed E-state index contributed by atoms with van der Waals surface area (Å²) in [6.07, 6.45) is 6.70. The summed E-state index contributed by atoms with van der Waals surface area (Å²) in [5, 5.41) is 0. The van der Waals surface area contributed by atoms with Crippen molar-refractivity contribution in [3.63, 3.8) is 0 Å². The quantitative estimate of drug-likeness (QED) is 0.723. The van der Waals surface area contributed by atoms with Crippen molar-refractivity contribution >= 4 is 5.71 Å². The summed E-state index contributed by atoms with van der Waals surface area (Å²) in [7, 11) is 0. The maximum absolute atomic E-state index is 5.37. The number of hydrogen-bond acceptors (Lipinski definition) is 2. The van der Waals surface area contributed by atoms with Crippen molar-refractivity contribution in [1.82, 2.24) is 4.98 Å². The van der Waals surface area contributed by atoms with Crippen LogP contribution in [0.4, 0.5) is 0 Å². The molecule has 1 aliphatic heterocycles. The van der Waals surface area contributed by atoms with Crippen molar-refractivity contribution in [3.8, 4) is 0 Å². The SMILES string of the molecule is Cc1cc(C2=NC3(CCC(C)(C)C3)Cc3ccccc32)cnc1C. The van der Waals surface area contributed by atoms with E-state index >= 15 is 0 Å². The minimum atomic E-state index is 0.0754. The van der Waals surface area contributed by atoms with Gasteiger partial charge in [0.15, 0.2) is 0 Å². The predicted octanol–water partition coefficient (Wildman–Crippen LogP) is 5.04. The van der Waals surface area contributed by atoms with E-state index < -0.39 is 0 Å². The Morgan fingerprint density at radius 2 is 1.83 bits per heavy atom. The van der Waals surface area contributed by atoms with Crippen molar-refractivity contribution in [2.75, 3.05) is 0 Å². The van der Waals surface area contributed by atoms with E-state index in [1.165, 1.54) is 36.0 Å². The monoisotopic (exact) mass is 318 g/mol. The number of fused-ring (bicyclic) bond motifs is 1. The highest BCUT2D eigenvalue weighted by molar-refractivity contribution is 6.14. The van der Waals surface area contributed by atoms with Gasteiger partial charge in [0, 0.05) is 23.0 Å². The molecule has 0 saturated heterocycles. The summed E-state index contributed by atoms with van der Waals surface area (Å²) in [6.45, 7) is 8.97. The Bertz CT molecular complexity index is 832. The highest BCUT2D eigenvalue weighted by atomic mass is 14.9. The van der Waals surface area contributed by atoms with Gasteiger partial charge in [0.05, 0.1) is 11.3 Å². The number of aromatic nitrogens is 1. The van der Waals surface area contributed by atoms with Crippen LogP contribution in [0.15, 0.2) is 41.5 Å². The van der Waals surface area contributed by atoms with Crippen LogP contribution >= 0.6 is 0 Å². The largest absolute Gasteiger partial charge is 0.277 e. The number of benzene rings is 1. The fourth-order valence-electron chi connectivity index (χ4n) is 4.47. The second kappa shape index (κ2) is 5.27. The van der Waals surface area contributed by atoms with E-state index in [1.54, 1.807) is 0 Å². The van der Waals surface area contributed by atoms with Gasteiger partial charge in [0.25, 0.3) is 0 Å². The summed E-state index contributed by atoms with van der Waals surface area (Å²) in [5.74, 6) is 0. The third kappa shape index (κ3) is 2.58. The van der Waals surface area contributed by atoms with Gasteiger partial charge >= 0.3 is 0 Å². The molecule has 1 fully saturated rings. The first kappa shape index (κ1) is 15.6. The van der Waals surface area contributed by atoms with E-state index in [9.17, 15) is 0 Å². The minimum Gasteiger partial charge on any atom is -0.277 e. The first-order valence-corrected chi connectivity index (χ1v) is 8.99. The van der Waals surface area contributed by atoms with Crippen LogP contribution in [-0.2, 0) is 6.42 Å². The molecule has 1 spiro atoms. The summed E-state index contributed by atoms with van der Waals surface area (Å²) < 4.78 is 0. The molecule has 0 N–H and O–H groups in total. The number of aryl methyl sites for hydroxylation is 2. The van der Waals surface area contributed by atoms with Crippen LogP contribution in [0.1, 0.15) is 61.1 Å². The predicted molar refractivity (Wildman–Crippen MR) is 99.9 cm³/mol. The lowest BCUT2D eigenvalue weighted by Crippen LogP contribution is -2.34. The standard InChI is InChI=1S/C22H26N2/c1-15-11-18(13-23-16(15)2)20-19-8-6-5-7-17(19)12-22(24-20)10-9-21(3,4)14-22/h5-8,11,13H,9-10,12,14H2,1-4H3. The van der Waals surface area contributed by atoms with Crippen LogP contribution in [0.3, 0.4) is 0 Å². The minimum absolute atomic E-state index is 0.0754. The number of rotatable bonds is 1. The zero-order valence-electron chi connectivity index (χ0n) is 15.2. The summed E-state index contributed by atoms with van der Waals surface area (Å²) >= 11 is 0. The number of pyridine rings is 1. The topological polar surface area (TPSA) is 25.2 Å².